The van der Waals surface area contributed by atoms with Crippen molar-refractivity contribution >= 4 is 17.7 Å². The minimum atomic E-state index is -0.240. The van der Waals surface area contributed by atoms with Crippen molar-refractivity contribution in [3.8, 4) is 0 Å². The van der Waals surface area contributed by atoms with Gasteiger partial charge < -0.3 is 10.2 Å². The van der Waals surface area contributed by atoms with Gasteiger partial charge in [-0.15, -0.1) is 0 Å². The predicted octanol–water partition coefficient (Wildman–Crippen LogP) is 1.61. The number of nitrogens with zero attached hydrogens (tertiary/aromatic N) is 3. The molecule has 0 spiro atoms. The third-order valence-electron chi connectivity index (χ3n) is 2.74. The zero-order valence-corrected chi connectivity index (χ0v) is 10.8. The average molecular weight is 249 g/mol. The second kappa shape index (κ2) is 5.66. The van der Waals surface area contributed by atoms with Crippen molar-refractivity contribution in [1.29, 1.82) is 0 Å². The van der Waals surface area contributed by atoms with E-state index in [2.05, 4.69) is 25.5 Å². The molecule has 0 atom stereocenters. The number of hydrogen-bond donors (Lipinski definition) is 2. The van der Waals surface area contributed by atoms with E-state index in [0.29, 0.717) is 5.82 Å². The highest BCUT2D eigenvalue weighted by molar-refractivity contribution is 5.88. The first-order chi connectivity index (χ1) is 8.65. The standard InChI is InChI=1S/C12H19N5O/c1-9(2)15-12(18)16-10-7-11(14-8-13-10)17-5-3-4-6-17/h7-9H,3-6H2,1-2H3,(H2,13,14,15,16,18). The lowest BCUT2D eigenvalue weighted by molar-refractivity contribution is 0.250. The maximum Gasteiger partial charge on any atom is 0.320 e. The molecule has 1 fully saturated rings. The van der Waals surface area contributed by atoms with Gasteiger partial charge in [-0.1, -0.05) is 0 Å². The van der Waals surface area contributed by atoms with Crippen LogP contribution in [-0.2, 0) is 0 Å². The SMILES string of the molecule is CC(C)NC(=O)Nc1cc(N2CCCC2)ncn1. The van der Waals surface area contributed by atoms with E-state index in [9.17, 15) is 4.79 Å². The Morgan fingerprint density at radius 2 is 2.06 bits per heavy atom. The van der Waals surface area contributed by atoms with E-state index in [1.54, 1.807) is 0 Å². The number of hydrogen-bond acceptors (Lipinski definition) is 4. The fraction of sp³-hybridized carbons (Fsp3) is 0.583. The third-order valence-corrected chi connectivity index (χ3v) is 2.74. The van der Waals surface area contributed by atoms with Crippen LogP contribution in [0.4, 0.5) is 16.4 Å². The first kappa shape index (κ1) is 12.6. The van der Waals surface area contributed by atoms with Gasteiger partial charge in [-0.05, 0) is 26.7 Å². The molecule has 2 heterocycles. The molecular formula is C12H19N5O. The van der Waals surface area contributed by atoms with Gasteiger partial charge in [0.05, 0.1) is 0 Å². The quantitative estimate of drug-likeness (QED) is 0.853. The Morgan fingerprint density at radius 1 is 1.33 bits per heavy atom. The molecule has 6 heteroatoms. The molecule has 0 aliphatic carbocycles. The number of nitrogens with one attached hydrogen (secondary N) is 2. The molecule has 0 unspecified atom stereocenters. The molecule has 2 amide bonds. The van der Waals surface area contributed by atoms with Gasteiger partial charge in [0.15, 0.2) is 0 Å². The van der Waals surface area contributed by atoms with Crippen molar-refractivity contribution in [1.82, 2.24) is 15.3 Å². The van der Waals surface area contributed by atoms with Gasteiger partial charge >= 0.3 is 6.03 Å². The summed E-state index contributed by atoms with van der Waals surface area (Å²) < 4.78 is 0. The van der Waals surface area contributed by atoms with E-state index in [4.69, 9.17) is 0 Å². The number of rotatable bonds is 3. The van der Waals surface area contributed by atoms with Gasteiger partial charge in [-0.25, -0.2) is 14.8 Å². The lowest BCUT2D eigenvalue weighted by Gasteiger charge is -2.16. The molecule has 1 aromatic heterocycles. The van der Waals surface area contributed by atoms with Crippen LogP contribution in [0.15, 0.2) is 12.4 Å². The molecule has 0 saturated carbocycles. The number of anilines is 2. The summed E-state index contributed by atoms with van der Waals surface area (Å²) in [7, 11) is 0. The lowest BCUT2D eigenvalue weighted by Crippen LogP contribution is -2.34. The van der Waals surface area contributed by atoms with Crippen molar-refractivity contribution in [3.05, 3.63) is 12.4 Å². The fourth-order valence-electron chi connectivity index (χ4n) is 1.95. The van der Waals surface area contributed by atoms with E-state index in [1.165, 1.54) is 19.2 Å². The number of amides is 2. The van der Waals surface area contributed by atoms with E-state index in [0.717, 1.165) is 18.9 Å². The Kier molecular flexibility index (Phi) is 3.96. The molecule has 2 N–H and O–H groups in total. The van der Waals surface area contributed by atoms with Gasteiger partial charge in [-0.2, -0.15) is 0 Å². The third kappa shape index (κ3) is 3.32. The molecule has 1 saturated heterocycles. The van der Waals surface area contributed by atoms with E-state index >= 15 is 0 Å². The van der Waals surface area contributed by atoms with Crippen molar-refractivity contribution in [2.24, 2.45) is 0 Å². The Balaban J connectivity index is 2.00. The monoisotopic (exact) mass is 249 g/mol. The summed E-state index contributed by atoms with van der Waals surface area (Å²) in [5.41, 5.74) is 0. The topological polar surface area (TPSA) is 70.2 Å². The van der Waals surface area contributed by atoms with Crippen molar-refractivity contribution < 1.29 is 4.79 Å². The minimum Gasteiger partial charge on any atom is -0.356 e. The van der Waals surface area contributed by atoms with Crippen LogP contribution < -0.4 is 15.5 Å². The Morgan fingerprint density at radius 3 is 2.72 bits per heavy atom. The lowest BCUT2D eigenvalue weighted by atomic mass is 10.4. The largest absolute Gasteiger partial charge is 0.356 e. The molecule has 2 rings (SSSR count). The van der Waals surface area contributed by atoms with Gasteiger partial charge in [-0.3, -0.25) is 5.32 Å². The molecule has 98 valence electrons. The maximum absolute atomic E-state index is 11.6. The van der Waals surface area contributed by atoms with Gasteiger partial charge in [0, 0.05) is 25.2 Å². The Hall–Kier alpha value is -1.85. The zero-order chi connectivity index (χ0) is 13.0. The van der Waals surface area contributed by atoms with Gasteiger partial charge in [0.2, 0.25) is 0 Å². The summed E-state index contributed by atoms with van der Waals surface area (Å²) in [5, 5.41) is 5.47. The molecule has 1 aromatic rings. The molecule has 6 nitrogen and oxygen atoms in total. The summed E-state index contributed by atoms with van der Waals surface area (Å²) >= 11 is 0. The van der Waals surface area contributed by atoms with Crippen molar-refractivity contribution in [2.75, 3.05) is 23.3 Å². The molecule has 0 radical (unpaired) electrons. The first-order valence-electron chi connectivity index (χ1n) is 6.29. The average Bonchev–Trinajstić information content (AvgIpc) is 2.81. The molecule has 0 bridgehead atoms. The highest BCUT2D eigenvalue weighted by atomic mass is 16.2. The van der Waals surface area contributed by atoms with Crippen LogP contribution in [-0.4, -0.2) is 35.1 Å². The molecule has 18 heavy (non-hydrogen) atoms. The number of aromatic nitrogens is 2. The van der Waals surface area contributed by atoms with Crippen LogP contribution in [0.1, 0.15) is 26.7 Å². The van der Waals surface area contributed by atoms with Crippen LogP contribution in [0.25, 0.3) is 0 Å². The summed E-state index contributed by atoms with van der Waals surface area (Å²) in [6, 6.07) is 1.67. The summed E-state index contributed by atoms with van der Waals surface area (Å²) in [6.07, 6.45) is 3.87. The van der Waals surface area contributed by atoms with E-state index in [1.807, 2.05) is 19.9 Å². The summed E-state index contributed by atoms with van der Waals surface area (Å²) in [5.74, 6) is 1.41. The van der Waals surface area contributed by atoms with Crippen LogP contribution in [0, 0.1) is 0 Å². The molecule has 1 aliphatic rings. The van der Waals surface area contributed by atoms with E-state index in [-0.39, 0.29) is 12.1 Å². The molecule has 0 aromatic carbocycles. The van der Waals surface area contributed by atoms with Gasteiger partial charge in [0.25, 0.3) is 0 Å². The number of carbonyl (C=O) groups is 1. The highest BCUT2D eigenvalue weighted by Gasteiger charge is 2.14. The van der Waals surface area contributed by atoms with Crippen molar-refractivity contribution in [2.45, 2.75) is 32.7 Å². The van der Waals surface area contributed by atoms with Crippen LogP contribution in [0.2, 0.25) is 0 Å². The van der Waals surface area contributed by atoms with Crippen LogP contribution >= 0.6 is 0 Å². The Bertz CT molecular complexity index is 415. The minimum absolute atomic E-state index is 0.102. The second-order valence-electron chi connectivity index (χ2n) is 4.71. The normalized spacial score (nSPS) is 14.9. The summed E-state index contributed by atoms with van der Waals surface area (Å²) in [6.45, 7) is 5.87. The molecule has 1 aliphatic heterocycles. The highest BCUT2D eigenvalue weighted by Crippen LogP contribution is 2.19. The summed E-state index contributed by atoms with van der Waals surface area (Å²) in [4.78, 5) is 22.0. The number of urea groups is 1. The number of carbonyl (C=O) groups excluding carboxylic acids is 1. The smallest absolute Gasteiger partial charge is 0.320 e. The first-order valence-corrected chi connectivity index (χ1v) is 6.29. The van der Waals surface area contributed by atoms with Crippen LogP contribution in [0.3, 0.4) is 0 Å². The Labute approximate surface area is 107 Å². The van der Waals surface area contributed by atoms with Gasteiger partial charge in [0.1, 0.15) is 18.0 Å². The molecular weight excluding hydrogens is 230 g/mol. The second-order valence-corrected chi connectivity index (χ2v) is 4.71. The van der Waals surface area contributed by atoms with Crippen molar-refractivity contribution in [3.63, 3.8) is 0 Å². The predicted molar refractivity (Wildman–Crippen MR) is 70.8 cm³/mol. The zero-order valence-electron chi connectivity index (χ0n) is 10.8. The fourth-order valence-corrected chi connectivity index (χ4v) is 1.95. The maximum atomic E-state index is 11.6. The van der Waals surface area contributed by atoms with Crippen LogP contribution in [0.5, 0.6) is 0 Å². The van der Waals surface area contributed by atoms with E-state index < -0.39 is 0 Å².